The van der Waals surface area contributed by atoms with Gasteiger partial charge in [-0.3, -0.25) is 9.59 Å². The number of aromatic nitrogens is 1. The smallest absolute Gasteiger partial charge is 0.274 e. The van der Waals surface area contributed by atoms with Crippen LogP contribution in [0.5, 0.6) is 5.75 Å². The molecule has 2 aliphatic rings. The third kappa shape index (κ3) is 4.47. The summed E-state index contributed by atoms with van der Waals surface area (Å²) < 4.78 is 34.7. The van der Waals surface area contributed by atoms with Gasteiger partial charge in [0.2, 0.25) is 10.0 Å². The summed E-state index contributed by atoms with van der Waals surface area (Å²) in [5, 5.41) is 3.18. The van der Waals surface area contributed by atoms with Crippen molar-refractivity contribution in [2.75, 3.05) is 25.5 Å². The summed E-state index contributed by atoms with van der Waals surface area (Å²) in [6, 6.07) is 16.2. The van der Waals surface area contributed by atoms with E-state index in [1.807, 2.05) is 6.07 Å². The van der Waals surface area contributed by atoms with Crippen LogP contribution in [-0.4, -0.2) is 43.4 Å². The van der Waals surface area contributed by atoms with Crippen LogP contribution in [0.1, 0.15) is 28.4 Å². The first-order valence-corrected chi connectivity index (χ1v) is 13.0. The summed E-state index contributed by atoms with van der Waals surface area (Å²) in [4.78, 5) is 26.1. The molecule has 8 nitrogen and oxygen atoms in total. The van der Waals surface area contributed by atoms with Crippen molar-refractivity contribution in [3.8, 4) is 5.75 Å². The van der Waals surface area contributed by atoms with Gasteiger partial charge in [-0.2, -0.15) is 4.31 Å². The molecule has 0 unspecified atom stereocenters. The first kappa shape index (κ1) is 23.6. The lowest BCUT2D eigenvalue weighted by Crippen LogP contribution is -2.49. The summed E-state index contributed by atoms with van der Waals surface area (Å²) in [6.45, 7) is 1.01. The van der Waals surface area contributed by atoms with E-state index in [0.29, 0.717) is 36.0 Å². The number of hydrogen-bond donors (Lipinski definition) is 1. The Balaban J connectivity index is 1.38. The number of pyridine rings is 1. The molecule has 3 heterocycles. The number of fused-ring (bicyclic) bond motifs is 4. The lowest BCUT2D eigenvalue weighted by molar-refractivity contribution is 0.102. The molecule has 1 aromatic heterocycles. The Morgan fingerprint density at radius 1 is 1.00 bits per heavy atom. The van der Waals surface area contributed by atoms with Crippen LogP contribution in [0.4, 0.5) is 5.69 Å². The Labute approximate surface area is 208 Å². The Kier molecular flexibility index (Phi) is 6.16. The van der Waals surface area contributed by atoms with Gasteiger partial charge in [0.25, 0.3) is 11.5 Å². The van der Waals surface area contributed by atoms with Crippen molar-refractivity contribution in [3.63, 3.8) is 0 Å². The van der Waals surface area contributed by atoms with Gasteiger partial charge in [0.1, 0.15) is 11.4 Å². The van der Waals surface area contributed by atoms with Crippen LogP contribution < -0.4 is 15.6 Å². The van der Waals surface area contributed by atoms with E-state index in [2.05, 4.69) is 5.32 Å². The monoisotopic (exact) mass is 513 g/mol. The van der Waals surface area contributed by atoms with E-state index >= 15 is 0 Å². The second-order valence-corrected chi connectivity index (χ2v) is 11.2. The number of nitrogens with zero attached hydrogens (tertiary/aromatic N) is 2. The number of hydrogen-bond acceptors (Lipinski definition) is 5. The predicted molar refractivity (Wildman–Crippen MR) is 133 cm³/mol. The number of sulfonamides is 1. The van der Waals surface area contributed by atoms with Crippen molar-refractivity contribution >= 4 is 33.2 Å². The first-order chi connectivity index (χ1) is 16.8. The molecular formula is C25H24ClN3O5S. The van der Waals surface area contributed by atoms with Crippen LogP contribution in [0.2, 0.25) is 5.02 Å². The maximum absolute atomic E-state index is 13.2. The average molecular weight is 514 g/mol. The number of rotatable bonds is 5. The molecule has 10 heteroatoms. The Bertz CT molecular complexity index is 1440. The second kappa shape index (κ2) is 9.14. The SMILES string of the molecule is COc1ccc(C(=O)Nc2ccc3n(c2=O)C[C@@H]2C[C@@H]3CN(S(=O)(=O)c3ccc(Cl)cc3)C2)cc1. The minimum Gasteiger partial charge on any atom is -0.497 e. The molecule has 1 N–H and O–H groups in total. The van der Waals surface area contributed by atoms with Crippen molar-refractivity contribution < 1.29 is 17.9 Å². The molecule has 0 radical (unpaired) electrons. The highest BCUT2D eigenvalue weighted by atomic mass is 35.5. The number of nitrogens with one attached hydrogen (secondary N) is 1. The molecule has 5 rings (SSSR count). The van der Waals surface area contributed by atoms with E-state index in [-0.39, 0.29) is 33.9 Å². The average Bonchev–Trinajstić information content (AvgIpc) is 2.86. The molecule has 2 atom stereocenters. The Morgan fingerprint density at radius 3 is 2.40 bits per heavy atom. The van der Waals surface area contributed by atoms with E-state index in [4.69, 9.17) is 16.3 Å². The van der Waals surface area contributed by atoms with Crippen LogP contribution >= 0.6 is 11.6 Å². The number of anilines is 1. The fourth-order valence-electron chi connectivity index (χ4n) is 4.89. The van der Waals surface area contributed by atoms with Gasteiger partial charge in [0.15, 0.2) is 0 Å². The van der Waals surface area contributed by atoms with Gasteiger partial charge in [-0.15, -0.1) is 0 Å². The predicted octanol–water partition coefficient (Wildman–Crippen LogP) is 3.57. The van der Waals surface area contributed by atoms with Crippen LogP contribution in [0.3, 0.4) is 0 Å². The molecule has 0 saturated carbocycles. The molecule has 1 saturated heterocycles. The number of ether oxygens (including phenoxy) is 1. The van der Waals surface area contributed by atoms with Crippen LogP contribution in [-0.2, 0) is 16.6 Å². The lowest BCUT2D eigenvalue weighted by Gasteiger charge is -2.42. The van der Waals surface area contributed by atoms with Gasteiger partial charge in [0, 0.05) is 41.8 Å². The van der Waals surface area contributed by atoms with Gasteiger partial charge in [0.05, 0.1) is 12.0 Å². The number of carbonyl (C=O) groups excluding carboxylic acids is 1. The van der Waals surface area contributed by atoms with Crippen LogP contribution in [0, 0.1) is 5.92 Å². The molecule has 2 bridgehead atoms. The lowest BCUT2D eigenvalue weighted by atomic mass is 9.84. The number of amides is 1. The summed E-state index contributed by atoms with van der Waals surface area (Å²) >= 11 is 5.92. The fourth-order valence-corrected chi connectivity index (χ4v) is 6.57. The number of methoxy groups -OCH3 is 1. The van der Waals surface area contributed by atoms with Gasteiger partial charge in [-0.1, -0.05) is 11.6 Å². The molecule has 2 aliphatic heterocycles. The van der Waals surface area contributed by atoms with E-state index in [1.54, 1.807) is 54.1 Å². The Morgan fingerprint density at radius 2 is 1.71 bits per heavy atom. The second-order valence-electron chi connectivity index (χ2n) is 8.84. The highest BCUT2D eigenvalue weighted by molar-refractivity contribution is 7.89. The maximum Gasteiger partial charge on any atom is 0.274 e. The quantitative estimate of drug-likeness (QED) is 0.562. The molecule has 182 valence electrons. The van der Waals surface area contributed by atoms with Gasteiger partial charge < -0.3 is 14.6 Å². The summed E-state index contributed by atoms with van der Waals surface area (Å²) in [5.41, 5.74) is 1.10. The molecule has 2 aromatic carbocycles. The van der Waals surface area contributed by atoms with Gasteiger partial charge >= 0.3 is 0 Å². The van der Waals surface area contributed by atoms with Gasteiger partial charge in [-0.05, 0) is 73.0 Å². The molecule has 3 aromatic rings. The van der Waals surface area contributed by atoms with Crippen molar-refractivity contribution in [1.29, 1.82) is 0 Å². The van der Waals surface area contributed by atoms with E-state index in [1.165, 1.54) is 16.4 Å². The first-order valence-electron chi connectivity index (χ1n) is 11.2. The zero-order valence-corrected chi connectivity index (χ0v) is 20.6. The van der Waals surface area contributed by atoms with Crippen molar-refractivity contribution in [1.82, 2.24) is 8.87 Å². The standard InChI is InChI=1S/C25H24ClN3O5S/c1-34-20-6-2-17(3-7-20)24(30)27-22-10-11-23-18-12-16(14-29(23)25(22)31)13-28(15-18)35(32,33)21-8-4-19(26)5-9-21/h2-11,16,18H,12-15H2,1H3,(H,27,30)/t16-,18-/m1/s1. The molecule has 1 fully saturated rings. The Hall–Kier alpha value is -3.14. The number of piperidine rings is 1. The molecule has 1 amide bonds. The zero-order chi connectivity index (χ0) is 24.7. The minimum atomic E-state index is -3.67. The summed E-state index contributed by atoms with van der Waals surface area (Å²) in [7, 11) is -2.13. The molecule has 0 spiro atoms. The van der Waals surface area contributed by atoms with Crippen LogP contribution in [0.25, 0.3) is 0 Å². The van der Waals surface area contributed by atoms with Crippen LogP contribution in [0.15, 0.2) is 70.4 Å². The molecular weight excluding hydrogens is 490 g/mol. The van der Waals surface area contributed by atoms with E-state index in [9.17, 15) is 18.0 Å². The number of carbonyl (C=O) groups is 1. The topological polar surface area (TPSA) is 97.7 Å². The summed E-state index contributed by atoms with van der Waals surface area (Å²) in [6.07, 6.45) is 0.809. The fraction of sp³-hybridized carbons (Fsp3) is 0.280. The zero-order valence-electron chi connectivity index (χ0n) is 19.0. The maximum atomic E-state index is 13.2. The van der Waals surface area contributed by atoms with Crippen molar-refractivity contribution in [2.24, 2.45) is 5.92 Å². The molecule has 0 aliphatic carbocycles. The minimum absolute atomic E-state index is 0.00596. The highest BCUT2D eigenvalue weighted by Crippen LogP contribution is 2.37. The van der Waals surface area contributed by atoms with Crippen molar-refractivity contribution in [3.05, 3.63) is 87.3 Å². The van der Waals surface area contributed by atoms with E-state index < -0.39 is 10.0 Å². The van der Waals surface area contributed by atoms with E-state index in [0.717, 1.165) is 12.1 Å². The largest absolute Gasteiger partial charge is 0.497 e. The summed E-state index contributed by atoms with van der Waals surface area (Å²) in [5.74, 6) is 0.132. The van der Waals surface area contributed by atoms with Gasteiger partial charge in [-0.25, -0.2) is 8.42 Å². The van der Waals surface area contributed by atoms with Crippen molar-refractivity contribution in [2.45, 2.75) is 23.8 Å². The normalized spacial score (nSPS) is 19.6. The highest BCUT2D eigenvalue weighted by Gasteiger charge is 2.39. The third-order valence-electron chi connectivity index (χ3n) is 6.62. The number of halogens is 1. The number of benzene rings is 2. The molecule has 35 heavy (non-hydrogen) atoms. The third-order valence-corrected chi connectivity index (χ3v) is 8.72.